The Morgan fingerprint density at radius 3 is 1.86 bits per heavy atom. The topological polar surface area (TPSA) is 84.3 Å². The Balaban J connectivity index is 1.39. The lowest BCUT2D eigenvalue weighted by molar-refractivity contribution is -0.123. The number of aryl methyl sites for hydroxylation is 1. The second kappa shape index (κ2) is 11.1. The summed E-state index contributed by atoms with van der Waals surface area (Å²) in [5, 5.41) is 3.18. The number of nitrogens with one attached hydrogen (secondary N) is 1. The molecule has 1 saturated heterocycles. The summed E-state index contributed by atoms with van der Waals surface area (Å²) in [6.07, 6.45) is 0. The van der Waals surface area contributed by atoms with Gasteiger partial charge in [0.25, 0.3) is 5.91 Å². The number of amides is 2. The van der Waals surface area contributed by atoms with Crippen LogP contribution in [0.2, 0.25) is 0 Å². The van der Waals surface area contributed by atoms with Crippen LogP contribution in [0.25, 0.3) is 0 Å². The number of ether oxygens (including phenoxy) is 2. The first-order chi connectivity index (χ1) is 17.0. The van der Waals surface area contributed by atoms with Crippen LogP contribution >= 0.6 is 0 Å². The molecule has 184 valence electrons. The van der Waals surface area contributed by atoms with Gasteiger partial charge in [-0.3, -0.25) is 14.5 Å². The number of nitrogens with zero attached hydrogens (tertiary/aromatic N) is 2. The maximum Gasteiger partial charge on any atom is 0.289 e. The van der Waals surface area contributed by atoms with Crippen molar-refractivity contribution in [2.45, 2.75) is 13.0 Å². The third-order valence-corrected chi connectivity index (χ3v) is 6.18. The number of piperazine rings is 1. The normalized spacial score (nSPS) is 14.1. The minimum absolute atomic E-state index is 0.0805. The molecule has 0 unspecified atom stereocenters. The standard InChI is InChI=1S/C27H31N3O5/c1-19-4-13-24(35-19)27(32)30-16-14-29(15-17-30)18-25(31)28-26(20-5-9-22(33-2)10-6-20)21-7-11-23(34-3)12-8-21/h4-13,26H,14-18H2,1-3H3,(H,28,31). The number of carbonyl (C=O) groups excluding carboxylic acids is 2. The lowest BCUT2D eigenvalue weighted by atomic mass is 9.98. The first-order valence-corrected chi connectivity index (χ1v) is 11.6. The molecule has 0 bridgehead atoms. The predicted octanol–water partition coefficient (Wildman–Crippen LogP) is 3.27. The quantitative estimate of drug-likeness (QED) is 0.536. The molecule has 1 aliphatic rings. The molecule has 0 aliphatic carbocycles. The molecule has 2 heterocycles. The van der Waals surface area contributed by atoms with Crippen molar-refractivity contribution < 1.29 is 23.5 Å². The van der Waals surface area contributed by atoms with Gasteiger partial charge in [0, 0.05) is 26.2 Å². The van der Waals surface area contributed by atoms with Gasteiger partial charge in [0.2, 0.25) is 5.91 Å². The second-order valence-electron chi connectivity index (χ2n) is 8.53. The van der Waals surface area contributed by atoms with Gasteiger partial charge < -0.3 is 24.1 Å². The van der Waals surface area contributed by atoms with E-state index in [4.69, 9.17) is 13.9 Å². The number of rotatable bonds is 8. The van der Waals surface area contributed by atoms with Crippen LogP contribution in [0, 0.1) is 6.92 Å². The molecular formula is C27H31N3O5. The van der Waals surface area contributed by atoms with Crippen LogP contribution in [0.15, 0.2) is 65.1 Å². The molecule has 1 N–H and O–H groups in total. The van der Waals surface area contributed by atoms with Crippen molar-refractivity contribution in [2.75, 3.05) is 46.9 Å². The van der Waals surface area contributed by atoms with E-state index < -0.39 is 0 Å². The first kappa shape index (κ1) is 24.3. The van der Waals surface area contributed by atoms with Gasteiger partial charge in [-0.1, -0.05) is 24.3 Å². The zero-order valence-corrected chi connectivity index (χ0v) is 20.3. The molecule has 1 aromatic heterocycles. The van der Waals surface area contributed by atoms with Crippen molar-refractivity contribution in [1.29, 1.82) is 0 Å². The van der Waals surface area contributed by atoms with E-state index in [-0.39, 0.29) is 24.4 Å². The summed E-state index contributed by atoms with van der Waals surface area (Å²) < 4.78 is 16.0. The average molecular weight is 478 g/mol. The van der Waals surface area contributed by atoms with E-state index in [1.165, 1.54) is 0 Å². The summed E-state index contributed by atoms with van der Waals surface area (Å²) in [6, 6.07) is 18.5. The average Bonchev–Trinajstić information content (AvgIpc) is 3.33. The Labute approximate surface area is 205 Å². The number of furan rings is 1. The third-order valence-electron chi connectivity index (χ3n) is 6.18. The van der Waals surface area contributed by atoms with Crippen molar-refractivity contribution in [1.82, 2.24) is 15.1 Å². The SMILES string of the molecule is COc1ccc(C(NC(=O)CN2CCN(C(=O)c3ccc(C)o3)CC2)c2ccc(OC)cc2)cc1. The fraction of sp³-hybridized carbons (Fsp3) is 0.333. The summed E-state index contributed by atoms with van der Waals surface area (Å²) in [5.41, 5.74) is 1.90. The van der Waals surface area contributed by atoms with E-state index >= 15 is 0 Å². The van der Waals surface area contributed by atoms with E-state index in [9.17, 15) is 9.59 Å². The molecule has 0 saturated carbocycles. The highest BCUT2D eigenvalue weighted by Gasteiger charge is 2.26. The fourth-order valence-corrected chi connectivity index (χ4v) is 4.18. The summed E-state index contributed by atoms with van der Waals surface area (Å²) >= 11 is 0. The van der Waals surface area contributed by atoms with E-state index in [1.54, 1.807) is 31.3 Å². The first-order valence-electron chi connectivity index (χ1n) is 11.6. The molecule has 4 rings (SSSR count). The lowest BCUT2D eigenvalue weighted by Crippen LogP contribution is -2.51. The van der Waals surface area contributed by atoms with E-state index in [1.807, 2.05) is 55.5 Å². The molecule has 0 atom stereocenters. The van der Waals surface area contributed by atoms with E-state index in [0.717, 1.165) is 22.6 Å². The molecule has 2 aromatic carbocycles. The zero-order valence-electron chi connectivity index (χ0n) is 20.3. The number of hydrogen-bond donors (Lipinski definition) is 1. The number of hydrogen-bond acceptors (Lipinski definition) is 6. The van der Waals surface area contributed by atoms with Gasteiger partial charge in [0.05, 0.1) is 26.8 Å². The minimum atomic E-state index is -0.315. The molecule has 1 aliphatic heterocycles. The van der Waals surface area contributed by atoms with Gasteiger partial charge in [0.1, 0.15) is 17.3 Å². The molecule has 3 aromatic rings. The molecule has 1 fully saturated rings. The number of benzene rings is 2. The maximum absolute atomic E-state index is 13.1. The Bertz CT molecular complexity index is 1080. The molecule has 2 amide bonds. The predicted molar refractivity (Wildman–Crippen MR) is 132 cm³/mol. The molecule has 35 heavy (non-hydrogen) atoms. The highest BCUT2D eigenvalue weighted by molar-refractivity contribution is 5.91. The van der Waals surface area contributed by atoms with Crippen LogP contribution < -0.4 is 14.8 Å². The van der Waals surface area contributed by atoms with Gasteiger partial charge in [-0.15, -0.1) is 0 Å². The highest BCUT2D eigenvalue weighted by atomic mass is 16.5. The van der Waals surface area contributed by atoms with Gasteiger partial charge >= 0.3 is 0 Å². The van der Waals surface area contributed by atoms with E-state index in [0.29, 0.717) is 37.7 Å². The second-order valence-corrected chi connectivity index (χ2v) is 8.53. The molecule has 8 heteroatoms. The van der Waals surface area contributed by atoms with Crippen molar-refractivity contribution >= 4 is 11.8 Å². The zero-order chi connectivity index (χ0) is 24.8. The van der Waals surface area contributed by atoms with Crippen molar-refractivity contribution in [2.24, 2.45) is 0 Å². The van der Waals surface area contributed by atoms with E-state index in [2.05, 4.69) is 10.2 Å². The van der Waals surface area contributed by atoms with Gasteiger partial charge in [-0.2, -0.15) is 0 Å². The smallest absolute Gasteiger partial charge is 0.289 e. The Kier molecular flexibility index (Phi) is 7.72. The van der Waals surface area contributed by atoms with Gasteiger partial charge in [-0.25, -0.2) is 0 Å². The maximum atomic E-state index is 13.1. The summed E-state index contributed by atoms with van der Waals surface area (Å²) in [4.78, 5) is 29.5. The van der Waals surface area contributed by atoms with Gasteiger partial charge in [-0.05, 0) is 54.4 Å². The van der Waals surface area contributed by atoms with Crippen LogP contribution in [0.1, 0.15) is 33.5 Å². The highest BCUT2D eigenvalue weighted by Crippen LogP contribution is 2.26. The van der Waals surface area contributed by atoms with Crippen LogP contribution in [0.4, 0.5) is 0 Å². The Hall–Kier alpha value is -3.78. The lowest BCUT2D eigenvalue weighted by Gasteiger charge is -2.34. The molecular weight excluding hydrogens is 446 g/mol. The molecule has 8 nitrogen and oxygen atoms in total. The largest absolute Gasteiger partial charge is 0.497 e. The minimum Gasteiger partial charge on any atom is -0.497 e. The third kappa shape index (κ3) is 6.02. The monoisotopic (exact) mass is 477 g/mol. The summed E-state index contributed by atoms with van der Waals surface area (Å²) in [6.45, 7) is 4.41. The Morgan fingerprint density at radius 2 is 1.40 bits per heavy atom. The van der Waals surface area contributed by atoms with Crippen LogP contribution in [-0.2, 0) is 4.79 Å². The number of methoxy groups -OCH3 is 2. The molecule has 0 radical (unpaired) electrons. The van der Waals surface area contributed by atoms with Crippen molar-refractivity contribution in [3.8, 4) is 11.5 Å². The number of carbonyl (C=O) groups is 2. The van der Waals surface area contributed by atoms with Gasteiger partial charge in [0.15, 0.2) is 5.76 Å². The van der Waals surface area contributed by atoms with Crippen molar-refractivity contribution in [3.63, 3.8) is 0 Å². The van der Waals surface area contributed by atoms with Crippen LogP contribution in [0.3, 0.4) is 0 Å². The fourth-order valence-electron chi connectivity index (χ4n) is 4.18. The summed E-state index contributed by atoms with van der Waals surface area (Å²) in [7, 11) is 3.25. The molecule has 0 spiro atoms. The van der Waals surface area contributed by atoms with Crippen molar-refractivity contribution in [3.05, 3.63) is 83.3 Å². The Morgan fingerprint density at radius 1 is 0.857 bits per heavy atom. The van der Waals surface area contributed by atoms with Crippen LogP contribution in [-0.4, -0.2) is 68.6 Å². The van der Waals surface area contributed by atoms with Crippen LogP contribution in [0.5, 0.6) is 11.5 Å². The summed E-state index contributed by atoms with van der Waals surface area (Å²) in [5.74, 6) is 2.39.